The van der Waals surface area contributed by atoms with Gasteiger partial charge in [0.05, 0.1) is 11.3 Å². The minimum atomic E-state index is 0.767. The average molecular weight is 249 g/mol. The zero-order chi connectivity index (χ0) is 13.1. The SMILES string of the molecule is CCc1ccc(-c2n[c]ncc2-c2ncc[nH]2)cc1. The molecule has 1 N–H and O–H groups in total. The van der Waals surface area contributed by atoms with Gasteiger partial charge in [-0.3, -0.25) is 0 Å². The number of benzene rings is 1. The number of aromatic nitrogens is 4. The molecule has 4 heteroatoms. The van der Waals surface area contributed by atoms with Crippen molar-refractivity contribution in [2.24, 2.45) is 0 Å². The molecule has 0 fully saturated rings. The Balaban J connectivity index is 2.09. The monoisotopic (exact) mass is 249 g/mol. The summed E-state index contributed by atoms with van der Waals surface area (Å²) in [7, 11) is 0. The van der Waals surface area contributed by atoms with Gasteiger partial charge in [0.1, 0.15) is 5.82 Å². The third-order valence-electron chi connectivity index (χ3n) is 3.06. The molecule has 19 heavy (non-hydrogen) atoms. The molecule has 1 radical (unpaired) electrons. The lowest BCUT2D eigenvalue weighted by atomic mass is 10.0. The predicted molar refractivity (Wildman–Crippen MR) is 73.3 cm³/mol. The Kier molecular flexibility index (Phi) is 3.06. The van der Waals surface area contributed by atoms with Crippen molar-refractivity contribution < 1.29 is 0 Å². The van der Waals surface area contributed by atoms with E-state index in [2.05, 4.69) is 57.5 Å². The number of aryl methyl sites for hydroxylation is 1. The Morgan fingerprint density at radius 2 is 2.05 bits per heavy atom. The van der Waals surface area contributed by atoms with E-state index in [1.807, 2.05) is 0 Å². The zero-order valence-electron chi connectivity index (χ0n) is 10.6. The molecule has 0 unspecified atom stereocenters. The maximum absolute atomic E-state index is 4.26. The van der Waals surface area contributed by atoms with E-state index < -0.39 is 0 Å². The molecule has 2 aromatic heterocycles. The molecule has 1 aromatic carbocycles. The molecule has 0 saturated carbocycles. The van der Waals surface area contributed by atoms with Crippen molar-refractivity contribution in [1.29, 1.82) is 0 Å². The molecule has 0 bridgehead atoms. The summed E-state index contributed by atoms with van der Waals surface area (Å²) in [6, 6.07) is 8.37. The van der Waals surface area contributed by atoms with Crippen LogP contribution in [0.5, 0.6) is 0 Å². The van der Waals surface area contributed by atoms with Gasteiger partial charge in [-0.15, -0.1) is 0 Å². The molecule has 0 saturated heterocycles. The van der Waals surface area contributed by atoms with Crippen LogP contribution in [0.1, 0.15) is 12.5 Å². The van der Waals surface area contributed by atoms with Crippen LogP contribution in [-0.2, 0) is 6.42 Å². The fourth-order valence-electron chi connectivity index (χ4n) is 2.00. The highest BCUT2D eigenvalue weighted by Gasteiger charge is 2.10. The number of nitrogens with one attached hydrogen (secondary N) is 1. The molecule has 0 aliphatic rings. The van der Waals surface area contributed by atoms with Crippen molar-refractivity contribution >= 4 is 0 Å². The van der Waals surface area contributed by atoms with Gasteiger partial charge in [0.15, 0.2) is 6.33 Å². The first-order chi connectivity index (χ1) is 9.38. The highest BCUT2D eigenvalue weighted by molar-refractivity contribution is 5.76. The summed E-state index contributed by atoms with van der Waals surface area (Å²) in [4.78, 5) is 15.6. The van der Waals surface area contributed by atoms with E-state index >= 15 is 0 Å². The number of hydrogen-bond donors (Lipinski definition) is 1. The van der Waals surface area contributed by atoms with Gasteiger partial charge in [0, 0.05) is 24.2 Å². The highest BCUT2D eigenvalue weighted by Crippen LogP contribution is 2.27. The highest BCUT2D eigenvalue weighted by atomic mass is 14.9. The number of aromatic amines is 1. The standard InChI is InChI=1S/C15H13N4/c1-2-11-3-5-12(6-4-11)14-13(9-16-10-19-14)15-17-7-8-18-15/h3-9H,2H2,1H3,(H,17,18). The minimum absolute atomic E-state index is 0.767. The van der Waals surface area contributed by atoms with Gasteiger partial charge in [-0.25, -0.2) is 15.0 Å². The fourth-order valence-corrected chi connectivity index (χ4v) is 2.00. The molecule has 0 aliphatic carbocycles. The second-order valence-corrected chi connectivity index (χ2v) is 4.22. The maximum Gasteiger partial charge on any atom is 0.198 e. The first-order valence-electron chi connectivity index (χ1n) is 6.20. The number of nitrogens with zero attached hydrogens (tertiary/aromatic N) is 3. The summed E-state index contributed by atoms with van der Waals surface area (Å²) < 4.78 is 0. The van der Waals surface area contributed by atoms with Crippen LogP contribution >= 0.6 is 0 Å². The first-order valence-corrected chi connectivity index (χ1v) is 6.20. The number of imidazole rings is 1. The fraction of sp³-hybridized carbons (Fsp3) is 0.133. The largest absolute Gasteiger partial charge is 0.345 e. The molecular formula is C15H13N4. The van der Waals surface area contributed by atoms with Gasteiger partial charge in [-0.1, -0.05) is 31.2 Å². The summed E-state index contributed by atoms with van der Waals surface area (Å²) in [5.74, 6) is 0.767. The Labute approximate surface area is 111 Å². The normalized spacial score (nSPS) is 10.6. The van der Waals surface area contributed by atoms with Crippen LogP contribution in [0.2, 0.25) is 0 Å². The summed E-state index contributed by atoms with van der Waals surface area (Å²) in [6.07, 6.45) is 8.91. The molecule has 3 aromatic rings. The van der Waals surface area contributed by atoms with E-state index in [-0.39, 0.29) is 0 Å². The topological polar surface area (TPSA) is 54.5 Å². The number of H-pyrrole nitrogens is 1. The van der Waals surface area contributed by atoms with Crippen molar-refractivity contribution in [2.45, 2.75) is 13.3 Å². The maximum atomic E-state index is 4.26. The van der Waals surface area contributed by atoms with Gasteiger partial charge < -0.3 is 4.98 Å². The Morgan fingerprint density at radius 1 is 1.21 bits per heavy atom. The Hall–Kier alpha value is -2.49. The average Bonchev–Trinajstić information content (AvgIpc) is 3.01. The van der Waals surface area contributed by atoms with E-state index in [1.165, 1.54) is 5.56 Å². The van der Waals surface area contributed by atoms with Crippen LogP contribution in [0.3, 0.4) is 0 Å². The van der Waals surface area contributed by atoms with E-state index in [4.69, 9.17) is 0 Å². The van der Waals surface area contributed by atoms with Crippen molar-refractivity contribution in [1.82, 2.24) is 19.9 Å². The van der Waals surface area contributed by atoms with Crippen LogP contribution < -0.4 is 0 Å². The van der Waals surface area contributed by atoms with Gasteiger partial charge in [-0.05, 0) is 12.0 Å². The van der Waals surface area contributed by atoms with Crippen LogP contribution in [-0.4, -0.2) is 19.9 Å². The quantitative estimate of drug-likeness (QED) is 0.776. The Morgan fingerprint density at radius 3 is 2.74 bits per heavy atom. The predicted octanol–water partition coefficient (Wildman–Crippen LogP) is 2.90. The molecule has 2 heterocycles. The van der Waals surface area contributed by atoms with E-state index in [0.29, 0.717) is 0 Å². The van der Waals surface area contributed by atoms with Crippen molar-refractivity contribution in [3.05, 3.63) is 54.7 Å². The van der Waals surface area contributed by atoms with Crippen LogP contribution in [0, 0.1) is 6.33 Å². The van der Waals surface area contributed by atoms with Gasteiger partial charge in [-0.2, -0.15) is 0 Å². The van der Waals surface area contributed by atoms with Crippen LogP contribution in [0.15, 0.2) is 42.9 Å². The van der Waals surface area contributed by atoms with Crippen LogP contribution in [0.25, 0.3) is 22.6 Å². The molecule has 0 spiro atoms. The van der Waals surface area contributed by atoms with Crippen molar-refractivity contribution in [3.63, 3.8) is 0 Å². The minimum Gasteiger partial charge on any atom is -0.345 e. The Bertz CT molecular complexity index is 657. The lowest BCUT2D eigenvalue weighted by Crippen LogP contribution is -1.93. The summed E-state index contributed by atoms with van der Waals surface area (Å²) >= 11 is 0. The third kappa shape index (κ3) is 2.25. The lowest BCUT2D eigenvalue weighted by Gasteiger charge is -2.06. The molecule has 0 aliphatic heterocycles. The first kappa shape index (κ1) is 11.6. The number of hydrogen-bond acceptors (Lipinski definition) is 3. The van der Waals surface area contributed by atoms with Crippen LogP contribution in [0.4, 0.5) is 0 Å². The van der Waals surface area contributed by atoms with Gasteiger partial charge >= 0.3 is 0 Å². The molecule has 93 valence electrons. The number of rotatable bonds is 3. The summed E-state index contributed by atoms with van der Waals surface area (Å²) in [5.41, 5.74) is 4.07. The van der Waals surface area contributed by atoms with Gasteiger partial charge in [0.2, 0.25) is 0 Å². The molecule has 3 rings (SSSR count). The van der Waals surface area contributed by atoms with Crippen molar-refractivity contribution in [3.8, 4) is 22.6 Å². The smallest absolute Gasteiger partial charge is 0.198 e. The zero-order valence-corrected chi connectivity index (χ0v) is 10.6. The van der Waals surface area contributed by atoms with Gasteiger partial charge in [0.25, 0.3) is 0 Å². The summed E-state index contributed by atoms with van der Waals surface area (Å²) in [5, 5.41) is 0. The molecule has 0 amide bonds. The summed E-state index contributed by atoms with van der Waals surface area (Å²) in [6.45, 7) is 2.14. The third-order valence-corrected chi connectivity index (χ3v) is 3.06. The van der Waals surface area contributed by atoms with E-state index in [1.54, 1.807) is 18.6 Å². The second-order valence-electron chi connectivity index (χ2n) is 4.22. The van der Waals surface area contributed by atoms with Crippen molar-refractivity contribution in [2.75, 3.05) is 0 Å². The lowest BCUT2D eigenvalue weighted by molar-refractivity contribution is 1.13. The molecular weight excluding hydrogens is 236 g/mol. The van der Waals surface area contributed by atoms with E-state index in [9.17, 15) is 0 Å². The molecule has 0 atom stereocenters. The molecule has 4 nitrogen and oxygen atoms in total. The van der Waals surface area contributed by atoms with E-state index in [0.717, 1.165) is 29.1 Å². The second kappa shape index (κ2) is 5.02.